The largest absolute Gasteiger partial charge is 0.341 e. The summed E-state index contributed by atoms with van der Waals surface area (Å²) in [6, 6.07) is 17.0. The van der Waals surface area contributed by atoms with E-state index in [9.17, 15) is 14.0 Å². The Labute approximate surface area is 233 Å². The van der Waals surface area contributed by atoms with Crippen LogP contribution in [0.25, 0.3) is 22.2 Å². The molecule has 206 valence electrons. The van der Waals surface area contributed by atoms with Gasteiger partial charge in [0.1, 0.15) is 11.5 Å². The molecule has 0 spiro atoms. The molecule has 0 radical (unpaired) electrons. The Morgan fingerprint density at radius 1 is 1.00 bits per heavy atom. The Morgan fingerprint density at radius 2 is 1.77 bits per heavy atom. The minimum atomic E-state index is -0.584. The van der Waals surface area contributed by atoms with Gasteiger partial charge in [0, 0.05) is 42.8 Å². The average Bonchev–Trinajstić information content (AvgIpc) is 3.52. The number of aromatic nitrogens is 3. The molecule has 2 aliphatic rings. The molecule has 2 fully saturated rings. The van der Waals surface area contributed by atoms with Crippen LogP contribution in [0.5, 0.6) is 0 Å². The molecule has 6 rings (SSSR count). The standard InChI is InChI=1S/C32H34FN5O2/c33-29-11-10-23(18-24(29)21-39)27-19-30(40)38(26-8-4-5-9-26)31-28(27)20-35-32(36-31)37-16-13-25(14-17-37)34-15-12-22-6-2-1-3-7-22/h1-3,6-7,10-11,18-21,25-26,34H,4-5,8-9,12-17H2. The minimum Gasteiger partial charge on any atom is -0.341 e. The molecule has 7 nitrogen and oxygen atoms in total. The number of nitrogens with zero attached hydrogens (tertiary/aromatic N) is 4. The predicted octanol–water partition coefficient (Wildman–Crippen LogP) is 5.33. The van der Waals surface area contributed by atoms with Gasteiger partial charge in [-0.2, -0.15) is 4.98 Å². The normalized spacial score (nSPS) is 16.6. The lowest BCUT2D eigenvalue weighted by Crippen LogP contribution is -2.43. The van der Waals surface area contributed by atoms with Crippen LogP contribution in [-0.2, 0) is 6.42 Å². The van der Waals surface area contributed by atoms with E-state index in [4.69, 9.17) is 9.97 Å². The lowest BCUT2D eigenvalue weighted by atomic mass is 10.0. The van der Waals surface area contributed by atoms with Gasteiger partial charge in [-0.15, -0.1) is 0 Å². The van der Waals surface area contributed by atoms with Crippen LogP contribution in [0.15, 0.2) is 65.6 Å². The van der Waals surface area contributed by atoms with Gasteiger partial charge in [0.15, 0.2) is 6.29 Å². The van der Waals surface area contributed by atoms with Crippen LogP contribution in [0.4, 0.5) is 10.3 Å². The van der Waals surface area contributed by atoms with Crippen LogP contribution in [0.1, 0.15) is 60.5 Å². The molecular weight excluding hydrogens is 505 g/mol. The maximum Gasteiger partial charge on any atom is 0.253 e. The second kappa shape index (κ2) is 11.7. The smallest absolute Gasteiger partial charge is 0.253 e. The molecule has 2 aromatic heterocycles. The monoisotopic (exact) mass is 539 g/mol. The maximum atomic E-state index is 14.0. The summed E-state index contributed by atoms with van der Waals surface area (Å²) in [6.45, 7) is 2.62. The third-order valence-electron chi connectivity index (χ3n) is 8.37. The molecule has 0 bridgehead atoms. The zero-order valence-electron chi connectivity index (χ0n) is 22.6. The molecule has 1 aliphatic carbocycles. The highest BCUT2D eigenvalue weighted by Gasteiger charge is 2.25. The highest BCUT2D eigenvalue weighted by atomic mass is 19.1. The van der Waals surface area contributed by atoms with E-state index < -0.39 is 5.82 Å². The van der Waals surface area contributed by atoms with Crippen molar-refractivity contribution in [2.24, 2.45) is 0 Å². The summed E-state index contributed by atoms with van der Waals surface area (Å²) >= 11 is 0. The van der Waals surface area contributed by atoms with Gasteiger partial charge in [-0.25, -0.2) is 9.37 Å². The molecule has 0 amide bonds. The number of rotatable bonds is 8. The van der Waals surface area contributed by atoms with E-state index in [0.717, 1.165) is 70.0 Å². The van der Waals surface area contributed by atoms with E-state index in [-0.39, 0.29) is 17.2 Å². The summed E-state index contributed by atoms with van der Waals surface area (Å²) in [5.74, 6) is 0.0464. The number of nitrogens with one attached hydrogen (secondary N) is 1. The van der Waals surface area contributed by atoms with Gasteiger partial charge >= 0.3 is 0 Å². The zero-order valence-corrected chi connectivity index (χ0v) is 22.6. The molecule has 0 unspecified atom stereocenters. The summed E-state index contributed by atoms with van der Waals surface area (Å²) in [5, 5.41) is 4.43. The van der Waals surface area contributed by atoms with Crippen LogP contribution < -0.4 is 15.8 Å². The van der Waals surface area contributed by atoms with Crippen molar-refractivity contribution in [2.45, 2.75) is 57.0 Å². The van der Waals surface area contributed by atoms with E-state index in [1.165, 1.54) is 17.7 Å². The van der Waals surface area contributed by atoms with Gasteiger partial charge in [0.2, 0.25) is 5.95 Å². The number of benzene rings is 2. The van der Waals surface area contributed by atoms with Crippen molar-refractivity contribution >= 4 is 23.3 Å². The number of anilines is 1. The Bertz CT molecular complexity index is 1560. The molecule has 1 N–H and O–H groups in total. The van der Waals surface area contributed by atoms with Crippen molar-refractivity contribution in [3.63, 3.8) is 0 Å². The van der Waals surface area contributed by atoms with Crippen LogP contribution in [0.3, 0.4) is 0 Å². The van der Waals surface area contributed by atoms with E-state index >= 15 is 0 Å². The van der Waals surface area contributed by atoms with E-state index in [2.05, 4.69) is 34.5 Å². The Kier molecular flexibility index (Phi) is 7.68. The molecule has 40 heavy (non-hydrogen) atoms. The molecule has 3 heterocycles. The molecule has 1 saturated heterocycles. The number of hydrogen-bond donors (Lipinski definition) is 1. The first-order chi connectivity index (χ1) is 19.6. The molecule has 2 aromatic carbocycles. The predicted molar refractivity (Wildman–Crippen MR) is 155 cm³/mol. The topological polar surface area (TPSA) is 80.1 Å². The third kappa shape index (κ3) is 5.41. The molecular formula is C32H34FN5O2. The number of halogens is 1. The molecule has 1 saturated carbocycles. The third-order valence-corrected chi connectivity index (χ3v) is 8.37. The fraction of sp³-hybridized carbons (Fsp3) is 0.375. The summed E-state index contributed by atoms with van der Waals surface area (Å²) < 4.78 is 15.9. The first-order valence-corrected chi connectivity index (χ1v) is 14.3. The van der Waals surface area contributed by atoms with Crippen LogP contribution >= 0.6 is 0 Å². The van der Waals surface area contributed by atoms with Crippen LogP contribution in [-0.4, -0.2) is 46.5 Å². The maximum absolute atomic E-state index is 14.0. The van der Waals surface area contributed by atoms with E-state index in [1.54, 1.807) is 18.3 Å². The zero-order chi connectivity index (χ0) is 27.5. The Hall–Kier alpha value is -3.91. The van der Waals surface area contributed by atoms with Gasteiger partial charge in [-0.1, -0.05) is 49.2 Å². The summed E-state index contributed by atoms with van der Waals surface area (Å²) in [6.07, 6.45) is 9.35. The molecule has 0 atom stereocenters. The number of aldehydes is 1. The van der Waals surface area contributed by atoms with Crippen LogP contribution in [0.2, 0.25) is 0 Å². The van der Waals surface area contributed by atoms with Crippen molar-refractivity contribution in [1.29, 1.82) is 0 Å². The van der Waals surface area contributed by atoms with Crippen molar-refractivity contribution in [1.82, 2.24) is 19.9 Å². The fourth-order valence-corrected chi connectivity index (χ4v) is 6.17. The van der Waals surface area contributed by atoms with Gasteiger partial charge in [0.05, 0.1) is 5.56 Å². The Morgan fingerprint density at radius 3 is 2.52 bits per heavy atom. The van der Waals surface area contributed by atoms with Crippen LogP contribution in [0, 0.1) is 5.82 Å². The van der Waals surface area contributed by atoms with Crippen molar-refractivity contribution in [2.75, 3.05) is 24.5 Å². The number of carbonyl (C=O) groups is 1. The summed E-state index contributed by atoms with van der Waals surface area (Å²) in [5.41, 5.74) is 3.00. The average molecular weight is 540 g/mol. The quantitative estimate of drug-likeness (QED) is 0.305. The first kappa shape index (κ1) is 26.3. The minimum absolute atomic E-state index is 0.0385. The number of piperidine rings is 1. The highest BCUT2D eigenvalue weighted by molar-refractivity contribution is 5.94. The number of pyridine rings is 1. The fourth-order valence-electron chi connectivity index (χ4n) is 6.17. The van der Waals surface area contributed by atoms with Gasteiger partial charge in [-0.05, 0) is 67.5 Å². The summed E-state index contributed by atoms with van der Waals surface area (Å²) in [7, 11) is 0. The second-order valence-corrected chi connectivity index (χ2v) is 10.9. The molecule has 1 aliphatic heterocycles. The lowest BCUT2D eigenvalue weighted by Gasteiger charge is -2.32. The number of carbonyl (C=O) groups excluding carboxylic acids is 1. The molecule has 4 aromatic rings. The van der Waals surface area contributed by atoms with Crippen molar-refractivity contribution < 1.29 is 9.18 Å². The van der Waals surface area contributed by atoms with Crippen molar-refractivity contribution in [3.05, 3.63) is 88.1 Å². The van der Waals surface area contributed by atoms with Gasteiger partial charge < -0.3 is 10.2 Å². The highest BCUT2D eigenvalue weighted by Crippen LogP contribution is 2.34. The van der Waals surface area contributed by atoms with Crippen molar-refractivity contribution in [3.8, 4) is 11.1 Å². The van der Waals surface area contributed by atoms with Gasteiger partial charge in [-0.3, -0.25) is 14.2 Å². The first-order valence-electron chi connectivity index (χ1n) is 14.3. The van der Waals surface area contributed by atoms with E-state index in [1.807, 2.05) is 10.6 Å². The number of fused-ring (bicyclic) bond motifs is 1. The van der Waals surface area contributed by atoms with E-state index in [0.29, 0.717) is 35.1 Å². The lowest BCUT2D eigenvalue weighted by molar-refractivity contribution is 0.112. The van der Waals surface area contributed by atoms with Gasteiger partial charge in [0.25, 0.3) is 5.56 Å². The second-order valence-electron chi connectivity index (χ2n) is 10.9. The number of hydrogen-bond acceptors (Lipinski definition) is 6. The molecule has 8 heteroatoms. The SMILES string of the molecule is O=Cc1cc(-c2cc(=O)n(C3CCCC3)c3nc(N4CCC(NCCc5ccccc5)CC4)ncc23)ccc1F. The Balaban J connectivity index is 1.26. The summed E-state index contributed by atoms with van der Waals surface area (Å²) in [4.78, 5) is 36.8.